The summed E-state index contributed by atoms with van der Waals surface area (Å²) in [5.74, 6) is 0.268. The zero-order valence-electron chi connectivity index (χ0n) is 20.6. The number of amides is 3. The monoisotopic (exact) mass is 480 g/mol. The summed E-state index contributed by atoms with van der Waals surface area (Å²) < 4.78 is 5.90. The fourth-order valence-corrected chi connectivity index (χ4v) is 4.78. The molecule has 1 aliphatic carbocycles. The van der Waals surface area contributed by atoms with Crippen LogP contribution in [-0.2, 0) is 9.59 Å². The number of hydrogen-bond donors (Lipinski definition) is 1. The minimum absolute atomic E-state index is 0.155. The normalized spacial score (nSPS) is 19.1. The van der Waals surface area contributed by atoms with Crippen molar-refractivity contribution in [1.82, 2.24) is 0 Å². The van der Waals surface area contributed by atoms with Gasteiger partial charge in [-0.05, 0) is 105 Å². The number of imide groups is 1. The molecule has 6 nitrogen and oxygen atoms in total. The number of nitrogens with one attached hydrogen (secondary N) is 1. The number of allylic oxidation sites excluding steroid dienone is 2. The first kappa shape index (κ1) is 23.5. The second-order valence-corrected chi connectivity index (χ2v) is 9.59. The van der Waals surface area contributed by atoms with Crippen LogP contribution in [0, 0.1) is 25.7 Å². The standard InChI is InChI=1S/C30H28N2O4/c1-18-4-15-26-27(16-18)30(35)32(29(26)34)23-10-6-21(7-11-23)28(33)31-22-8-13-24(14-9-22)36-25-12-5-19(2)20(3)17-25/h4-14,17,26-27H,15-16H2,1-3H3,(H,31,33)/t26-,27+/m1/s1. The zero-order chi connectivity index (χ0) is 25.4. The summed E-state index contributed by atoms with van der Waals surface area (Å²) in [7, 11) is 0. The highest BCUT2D eigenvalue weighted by atomic mass is 16.5. The van der Waals surface area contributed by atoms with E-state index in [2.05, 4.69) is 12.2 Å². The van der Waals surface area contributed by atoms with E-state index in [1.54, 1.807) is 48.5 Å². The van der Waals surface area contributed by atoms with E-state index >= 15 is 0 Å². The average Bonchev–Trinajstić information content (AvgIpc) is 3.11. The van der Waals surface area contributed by atoms with E-state index in [-0.39, 0.29) is 29.6 Å². The number of rotatable bonds is 5. The van der Waals surface area contributed by atoms with Gasteiger partial charge in [-0.25, -0.2) is 0 Å². The number of hydrogen-bond acceptors (Lipinski definition) is 4. The highest BCUT2D eigenvalue weighted by molar-refractivity contribution is 6.22. The Morgan fingerprint density at radius 3 is 2.19 bits per heavy atom. The van der Waals surface area contributed by atoms with E-state index in [1.807, 2.05) is 38.1 Å². The van der Waals surface area contributed by atoms with Crippen LogP contribution in [0.1, 0.15) is 41.3 Å². The van der Waals surface area contributed by atoms with Crippen molar-refractivity contribution in [2.45, 2.75) is 33.6 Å². The molecule has 2 aliphatic rings. The van der Waals surface area contributed by atoms with Crippen LogP contribution in [0.25, 0.3) is 0 Å². The van der Waals surface area contributed by atoms with E-state index in [0.717, 1.165) is 16.9 Å². The number of aryl methyl sites for hydroxylation is 2. The summed E-state index contributed by atoms with van der Waals surface area (Å²) >= 11 is 0. The molecular weight excluding hydrogens is 452 g/mol. The molecule has 2 atom stereocenters. The van der Waals surface area contributed by atoms with Gasteiger partial charge < -0.3 is 10.1 Å². The van der Waals surface area contributed by atoms with Crippen molar-refractivity contribution >= 4 is 29.1 Å². The molecule has 0 aromatic heterocycles. The Hall–Kier alpha value is -4.19. The van der Waals surface area contributed by atoms with E-state index in [9.17, 15) is 14.4 Å². The molecule has 6 heteroatoms. The molecule has 1 aliphatic heterocycles. The van der Waals surface area contributed by atoms with Gasteiger partial charge >= 0.3 is 0 Å². The summed E-state index contributed by atoms with van der Waals surface area (Å²) in [5, 5.41) is 2.87. The summed E-state index contributed by atoms with van der Waals surface area (Å²) in [4.78, 5) is 39.8. The molecule has 0 spiro atoms. The molecule has 0 bridgehead atoms. The SMILES string of the molecule is CC1=CC[C@H]2C(=O)N(c3ccc(C(=O)Nc4ccc(Oc5ccc(C)c(C)c5)cc4)cc3)C(=O)[C@H]2C1. The lowest BCUT2D eigenvalue weighted by atomic mass is 9.82. The molecule has 1 fully saturated rings. The van der Waals surface area contributed by atoms with Gasteiger partial charge in [0.05, 0.1) is 17.5 Å². The van der Waals surface area contributed by atoms with Gasteiger partial charge in [-0.15, -0.1) is 0 Å². The fourth-order valence-electron chi connectivity index (χ4n) is 4.78. The number of benzene rings is 3. The molecule has 182 valence electrons. The van der Waals surface area contributed by atoms with Crippen molar-refractivity contribution < 1.29 is 19.1 Å². The van der Waals surface area contributed by atoms with Gasteiger partial charge in [-0.2, -0.15) is 0 Å². The summed E-state index contributed by atoms with van der Waals surface area (Å²) in [6.45, 7) is 6.09. The van der Waals surface area contributed by atoms with Crippen LogP contribution in [0.3, 0.4) is 0 Å². The second-order valence-electron chi connectivity index (χ2n) is 9.59. The van der Waals surface area contributed by atoms with Crippen molar-refractivity contribution in [2.75, 3.05) is 10.2 Å². The van der Waals surface area contributed by atoms with Gasteiger partial charge in [0, 0.05) is 11.3 Å². The minimum atomic E-state index is -0.286. The average molecular weight is 481 g/mol. The smallest absolute Gasteiger partial charge is 0.255 e. The zero-order valence-corrected chi connectivity index (χ0v) is 20.6. The van der Waals surface area contributed by atoms with Gasteiger partial charge in [0.1, 0.15) is 11.5 Å². The van der Waals surface area contributed by atoms with Gasteiger partial charge in [-0.3, -0.25) is 19.3 Å². The summed E-state index contributed by atoms with van der Waals surface area (Å²) in [6, 6.07) is 19.7. The van der Waals surface area contributed by atoms with Gasteiger partial charge in [0.15, 0.2) is 0 Å². The van der Waals surface area contributed by atoms with Crippen molar-refractivity contribution in [1.29, 1.82) is 0 Å². The Bertz CT molecular complexity index is 1370. The van der Waals surface area contributed by atoms with Crippen molar-refractivity contribution in [3.63, 3.8) is 0 Å². The topological polar surface area (TPSA) is 75.7 Å². The maximum Gasteiger partial charge on any atom is 0.255 e. The Labute approximate surface area is 210 Å². The molecule has 1 N–H and O–H groups in total. The molecule has 1 saturated heterocycles. The van der Waals surface area contributed by atoms with Gasteiger partial charge in [0.2, 0.25) is 11.8 Å². The van der Waals surface area contributed by atoms with Crippen LogP contribution in [-0.4, -0.2) is 17.7 Å². The Morgan fingerprint density at radius 1 is 0.833 bits per heavy atom. The summed E-state index contributed by atoms with van der Waals surface area (Å²) in [5.41, 5.74) is 5.08. The number of carbonyl (C=O) groups excluding carboxylic acids is 3. The van der Waals surface area contributed by atoms with E-state index in [0.29, 0.717) is 35.5 Å². The number of anilines is 2. The molecule has 36 heavy (non-hydrogen) atoms. The lowest BCUT2D eigenvalue weighted by Gasteiger charge is -2.18. The lowest BCUT2D eigenvalue weighted by molar-refractivity contribution is -0.122. The Balaban J connectivity index is 1.23. The molecule has 3 amide bonds. The van der Waals surface area contributed by atoms with Crippen molar-refractivity contribution in [2.24, 2.45) is 11.8 Å². The third kappa shape index (κ3) is 4.54. The highest BCUT2D eigenvalue weighted by Gasteiger charge is 2.48. The van der Waals surface area contributed by atoms with Crippen LogP contribution in [0.5, 0.6) is 11.5 Å². The molecular formula is C30H28N2O4. The van der Waals surface area contributed by atoms with Crippen molar-refractivity contribution in [3.8, 4) is 11.5 Å². The largest absolute Gasteiger partial charge is 0.457 e. The highest BCUT2D eigenvalue weighted by Crippen LogP contribution is 2.39. The molecule has 5 rings (SSSR count). The molecule has 0 saturated carbocycles. The Kier molecular flexibility index (Phi) is 6.18. The predicted molar refractivity (Wildman–Crippen MR) is 139 cm³/mol. The fraction of sp³-hybridized carbons (Fsp3) is 0.233. The first-order valence-electron chi connectivity index (χ1n) is 12.1. The van der Waals surface area contributed by atoms with Gasteiger partial charge in [-0.1, -0.05) is 17.7 Å². The lowest BCUT2D eigenvalue weighted by Crippen LogP contribution is -2.30. The van der Waals surface area contributed by atoms with Crippen LogP contribution in [0.2, 0.25) is 0 Å². The number of ether oxygens (including phenoxy) is 1. The maximum absolute atomic E-state index is 12.9. The quantitative estimate of drug-likeness (QED) is 0.349. The molecule has 1 heterocycles. The van der Waals surface area contributed by atoms with E-state index < -0.39 is 0 Å². The molecule has 0 radical (unpaired) electrons. The summed E-state index contributed by atoms with van der Waals surface area (Å²) in [6.07, 6.45) is 3.28. The first-order chi connectivity index (χ1) is 17.3. The number of nitrogens with zero attached hydrogens (tertiary/aromatic N) is 1. The Morgan fingerprint density at radius 2 is 1.50 bits per heavy atom. The molecule has 0 unspecified atom stereocenters. The second kappa shape index (κ2) is 9.46. The maximum atomic E-state index is 12.9. The third-order valence-corrected chi connectivity index (χ3v) is 7.04. The first-order valence-corrected chi connectivity index (χ1v) is 12.1. The van der Waals surface area contributed by atoms with Crippen LogP contribution >= 0.6 is 0 Å². The van der Waals surface area contributed by atoms with E-state index in [4.69, 9.17) is 4.74 Å². The molecule has 3 aromatic carbocycles. The van der Waals surface area contributed by atoms with E-state index in [1.165, 1.54) is 10.5 Å². The van der Waals surface area contributed by atoms with Crippen LogP contribution in [0.4, 0.5) is 11.4 Å². The van der Waals surface area contributed by atoms with Crippen molar-refractivity contribution in [3.05, 3.63) is 95.1 Å². The number of carbonyl (C=O) groups is 3. The number of fused-ring (bicyclic) bond motifs is 1. The molecule has 3 aromatic rings. The van der Waals surface area contributed by atoms with Gasteiger partial charge in [0.25, 0.3) is 5.91 Å². The van der Waals surface area contributed by atoms with Crippen LogP contribution in [0.15, 0.2) is 78.4 Å². The minimum Gasteiger partial charge on any atom is -0.457 e. The van der Waals surface area contributed by atoms with Crippen LogP contribution < -0.4 is 15.0 Å². The third-order valence-electron chi connectivity index (χ3n) is 7.04. The predicted octanol–water partition coefficient (Wildman–Crippen LogP) is 6.19.